The highest BCUT2D eigenvalue weighted by molar-refractivity contribution is 5.71. The van der Waals surface area contributed by atoms with Gasteiger partial charge < -0.3 is 10.2 Å². The summed E-state index contributed by atoms with van der Waals surface area (Å²) in [6.07, 6.45) is 3.29. The highest BCUT2D eigenvalue weighted by atomic mass is 16.4. The third kappa shape index (κ3) is 5.85. The monoisotopic (exact) mass is 160 g/mol. The molecule has 0 bridgehead atoms. The molecule has 1 atom stereocenters. The Balaban J connectivity index is 3.17. The zero-order valence-electron chi connectivity index (χ0n) is 6.92. The number of hydrogen-bond donors (Lipinski definition) is 2. The van der Waals surface area contributed by atoms with E-state index in [4.69, 9.17) is 10.2 Å². The largest absolute Gasteiger partial charge is 0.479 e. The van der Waals surface area contributed by atoms with Gasteiger partial charge in [0.15, 0.2) is 6.10 Å². The average Bonchev–Trinajstić information content (AvgIpc) is 1.97. The van der Waals surface area contributed by atoms with Crippen LogP contribution in [0.2, 0.25) is 0 Å². The Morgan fingerprint density at radius 3 is 2.45 bits per heavy atom. The van der Waals surface area contributed by atoms with Gasteiger partial charge in [-0.1, -0.05) is 32.6 Å². The van der Waals surface area contributed by atoms with Crippen molar-refractivity contribution in [1.29, 1.82) is 0 Å². The molecule has 0 heterocycles. The molecule has 0 aromatic carbocycles. The van der Waals surface area contributed by atoms with Gasteiger partial charge in [-0.25, -0.2) is 4.79 Å². The number of carboxylic acid groups (broad SMARTS) is 1. The Morgan fingerprint density at radius 2 is 2.00 bits per heavy atom. The van der Waals surface area contributed by atoms with Crippen LogP contribution in [0.4, 0.5) is 0 Å². The van der Waals surface area contributed by atoms with Crippen LogP contribution >= 0.6 is 0 Å². The Labute approximate surface area is 67.0 Å². The number of carboxylic acids is 1. The van der Waals surface area contributed by atoms with Gasteiger partial charge >= 0.3 is 5.97 Å². The van der Waals surface area contributed by atoms with Crippen molar-refractivity contribution in [2.24, 2.45) is 0 Å². The summed E-state index contributed by atoms with van der Waals surface area (Å²) >= 11 is 0. The highest BCUT2D eigenvalue weighted by Crippen LogP contribution is 2.05. The molecule has 0 aromatic rings. The van der Waals surface area contributed by atoms with Crippen LogP contribution in [0.3, 0.4) is 0 Å². The molecular weight excluding hydrogens is 144 g/mol. The Morgan fingerprint density at radius 1 is 1.36 bits per heavy atom. The van der Waals surface area contributed by atoms with Crippen LogP contribution in [-0.2, 0) is 4.79 Å². The lowest BCUT2D eigenvalue weighted by atomic mass is 10.1. The van der Waals surface area contributed by atoms with Crippen molar-refractivity contribution in [1.82, 2.24) is 0 Å². The quantitative estimate of drug-likeness (QED) is 0.577. The number of aliphatic hydroxyl groups is 1. The van der Waals surface area contributed by atoms with Crippen molar-refractivity contribution in [2.75, 3.05) is 0 Å². The van der Waals surface area contributed by atoms with Crippen molar-refractivity contribution < 1.29 is 15.0 Å². The summed E-state index contributed by atoms with van der Waals surface area (Å²) in [5.41, 5.74) is 0. The summed E-state index contributed by atoms with van der Waals surface area (Å²) < 4.78 is 0. The van der Waals surface area contributed by atoms with Gasteiger partial charge in [0.05, 0.1) is 0 Å². The summed E-state index contributed by atoms with van der Waals surface area (Å²) in [6, 6.07) is 0. The maximum absolute atomic E-state index is 10.1. The standard InChI is InChI=1S/C8H16O3/c1-2-3-4-5-6-7(9)8(10)11/h7,9H,2-6H2,1H3,(H,10,11). The van der Waals surface area contributed by atoms with Crippen LogP contribution in [0.15, 0.2) is 0 Å². The minimum absolute atomic E-state index is 0.384. The lowest BCUT2D eigenvalue weighted by Crippen LogP contribution is -2.18. The number of unbranched alkanes of at least 4 members (excludes halogenated alkanes) is 3. The molecule has 0 radical (unpaired) electrons. The molecule has 0 saturated carbocycles. The Hall–Kier alpha value is -0.570. The van der Waals surface area contributed by atoms with E-state index in [0.29, 0.717) is 6.42 Å². The van der Waals surface area contributed by atoms with Crippen LogP contribution < -0.4 is 0 Å². The van der Waals surface area contributed by atoms with Gasteiger partial charge in [0.1, 0.15) is 0 Å². The minimum Gasteiger partial charge on any atom is -0.479 e. The molecule has 0 aliphatic heterocycles. The molecule has 0 saturated heterocycles. The first-order valence-corrected chi connectivity index (χ1v) is 4.09. The van der Waals surface area contributed by atoms with Gasteiger partial charge in [0.2, 0.25) is 0 Å². The summed E-state index contributed by atoms with van der Waals surface area (Å²) in [7, 11) is 0. The van der Waals surface area contributed by atoms with E-state index >= 15 is 0 Å². The van der Waals surface area contributed by atoms with E-state index in [1.54, 1.807) is 0 Å². The Bertz CT molecular complexity index is 112. The Kier molecular flexibility index (Phi) is 5.84. The normalized spacial score (nSPS) is 12.9. The second-order valence-electron chi connectivity index (χ2n) is 2.70. The van der Waals surface area contributed by atoms with Crippen molar-refractivity contribution in [3.8, 4) is 0 Å². The molecule has 0 fully saturated rings. The van der Waals surface area contributed by atoms with Crippen molar-refractivity contribution in [3.05, 3.63) is 0 Å². The molecule has 0 aliphatic rings. The second kappa shape index (κ2) is 6.16. The highest BCUT2D eigenvalue weighted by Gasteiger charge is 2.11. The van der Waals surface area contributed by atoms with Gasteiger partial charge in [-0.2, -0.15) is 0 Å². The number of aliphatic carboxylic acids is 1. The van der Waals surface area contributed by atoms with Crippen LogP contribution in [0.25, 0.3) is 0 Å². The van der Waals surface area contributed by atoms with Crippen LogP contribution in [-0.4, -0.2) is 22.3 Å². The van der Waals surface area contributed by atoms with Gasteiger partial charge in [0, 0.05) is 0 Å². The van der Waals surface area contributed by atoms with Gasteiger partial charge in [-0.3, -0.25) is 0 Å². The van der Waals surface area contributed by atoms with E-state index in [2.05, 4.69) is 6.92 Å². The lowest BCUT2D eigenvalue weighted by molar-refractivity contribution is -0.146. The fourth-order valence-corrected chi connectivity index (χ4v) is 0.888. The van der Waals surface area contributed by atoms with E-state index in [0.717, 1.165) is 25.7 Å². The zero-order chi connectivity index (χ0) is 8.69. The summed E-state index contributed by atoms with van der Waals surface area (Å²) in [4.78, 5) is 10.1. The van der Waals surface area contributed by atoms with Crippen molar-refractivity contribution in [2.45, 2.75) is 45.1 Å². The molecule has 2 N–H and O–H groups in total. The third-order valence-electron chi connectivity index (χ3n) is 1.62. The SMILES string of the molecule is CCCCCCC(O)C(=O)O. The van der Waals surface area contributed by atoms with E-state index < -0.39 is 12.1 Å². The maximum Gasteiger partial charge on any atom is 0.332 e. The lowest BCUT2D eigenvalue weighted by Gasteiger charge is -2.03. The van der Waals surface area contributed by atoms with Crippen molar-refractivity contribution in [3.63, 3.8) is 0 Å². The topological polar surface area (TPSA) is 57.5 Å². The van der Waals surface area contributed by atoms with Gasteiger partial charge in [-0.15, -0.1) is 0 Å². The third-order valence-corrected chi connectivity index (χ3v) is 1.62. The van der Waals surface area contributed by atoms with E-state index in [1.807, 2.05) is 0 Å². The molecule has 66 valence electrons. The summed E-state index contributed by atoms with van der Waals surface area (Å²) in [5.74, 6) is -1.11. The second-order valence-corrected chi connectivity index (χ2v) is 2.70. The zero-order valence-corrected chi connectivity index (χ0v) is 6.92. The van der Waals surface area contributed by atoms with Crippen molar-refractivity contribution >= 4 is 5.97 Å². The first-order valence-electron chi connectivity index (χ1n) is 4.09. The van der Waals surface area contributed by atoms with Crippen LogP contribution in [0.1, 0.15) is 39.0 Å². The predicted molar refractivity (Wildman–Crippen MR) is 42.4 cm³/mol. The number of rotatable bonds is 6. The molecule has 0 aromatic heterocycles. The van der Waals surface area contributed by atoms with E-state index in [-0.39, 0.29) is 0 Å². The molecule has 3 heteroatoms. The molecule has 0 spiro atoms. The molecular formula is C8H16O3. The van der Waals surface area contributed by atoms with Gasteiger partial charge in [0.25, 0.3) is 0 Å². The number of hydrogen-bond acceptors (Lipinski definition) is 2. The molecule has 1 unspecified atom stereocenters. The molecule has 0 amide bonds. The molecule has 11 heavy (non-hydrogen) atoms. The predicted octanol–water partition coefficient (Wildman–Crippen LogP) is 1.40. The fraction of sp³-hybridized carbons (Fsp3) is 0.875. The first kappa shape index (κ1) is 10.4. The van der Waals surface area contributed by atoms with E-state index in [9.17, 15) is 4.79 Å². The summed E-state index contributed by atoms with van der Waals surface area (Å²) in [6.45, 7) is 2.09. The smallest absolute Gasteiger partial charge is 0.332 e. The maximum atomic E-state index is 10.1. The number of carbonyl (C=O) groups is 1. The van der Waals surface area contributed by atoms with Crippen LogP contribution in [0, 0.1) is 0 Å². The van der Waals surface area contributed by atoms with E-state index in [1.165, 1.54) is 0 Å². The van der Waals surface area contributed by atoms with Crippen LogP contribution in [0.5, 0.6) is 0 Å². The van der Waals surface area contributed by atoms with Gasteiger partial charge in [-0.05, 0) is 6.42 Å². The average molecular weight is 160 g/mol. The molecule has 0 rings (SSSR count). The summed E-state index contributed by atoms with van der Waals surface area (Å²) in [5, 5.41) is 17.1. The molecule has 3 nitrogen and oxygen atoms in total. The first-order chi connectivity index (χ1) is 5.18. The fourth-order valence-electron chi connectivity index (χ4n) is 0.888. The minimum atomic E-state index is -1.16. The molecule has 0 aliphatic carbocycles. The number of aliphatic hydroxyl groups excluding tert-OH is 1.